The van der Waals surface area contributed by atoms with E-state index in [1.807, 2.05) is 56.3 Å². The van der Waals surface area contributed by atoms with Crippen LogP contribution in [0.25, 0.3) is 0 Å². The fraction of sp³-hybridized carbons (Fsp3) is 0.318. The Labute approximate surface area is 174 Å². The van der Waals surface area contributed by atoms with E-state index in [1.54, 1.807) is 6.07 Å². The summed E-state index contributed by atoms with van der Waals surface area (Å²) in [5.74, 6) is -0.631. The van der Waals surface area contributed by atoms with Gasteiger partial charge in [0.2, 0.25) is 11.8 Å². The number of hydrogen-bond donors (Lipinski definition) is 1. The SMILES string of the molecule is Cc1ccc(N2C(=O)SC(CC(=O)N(CCO)Cc3ccccc3)C2=O)c(C)c1. The molecule has 0 spiro atoms. The van der Waals surface area contributed by atoms with Crippen molar-refractivity contribution in [2.45, 2.75) is 32.1 Å². The molecule has 1 N–H and O–H groups in total. The number of benzene rings is 2. The van der Waals surface area contributed by atoms with Crippen molar-refractivity contribution in [3.63, 3.8) is 0 Å². The number of thioether (sulfide) groups is 1. The van der Waals surface area contributed by atoms with Gasteiger partial charge in [0, 0.05) is 19.5 Å². The normalized spacial score (nSPS) is 16.4. The van der Waals surface area contributed by atoms with Gasteiger partial charge in [0.25, 0.3) is 5.24 Å². The molecule has 152 valence electrons. The van der Waals surface area contributed by atoms with E-state index in [0.717, 1.165) is 28.5 Å². The van der Waals surface area contributed by atoms with Gasteiger partial charge in [0.1, 0.15) is 5.25 Å². The Bertz CT molecular complexity index is 916. The summed E-state index contributed by atoms with van der Waals surface area (Å²) in [4.78, 5) is 40.9. The molecule has 0 bridgehead atoms. The number of imide groups is 1. The average Bonchev–Trinajstić information content (AvgIpc) is 2.96. The number of aryl methyl sites for hydroxylation is 2. The van der Waals surface area contributed by atoms with Gasteiger partial charge in [-0.3, -0.25) is 14.4 Å². The van der Waals surface area contributed by atoms with Crippen LogP contribution in [0, 0.1) is 13.8 Å². The molecule has 1 fully saturated rings. The summed E-state index contributed by atoms with van der Waals surface area (Å²) in [6.07, 6.45) is -0.0799. The lowest BCUT2D eigenvalue weighted by Crippen LogP contribution is -2.37. The van der Waals surface area contributed by atoms with Crippen molar-refractivity contribution < 1.29 is 19.5 Å². The van der Waals surface area contributed by atoms with Gasteiger partial charge in [-0.1, -0.05) is 48.0 Å². The van der Waals surface area contributed by atoms with Crippen molar-refractivity contribution in [1.29, 1.82) is 0 Å². The molecule has 1 saturated heterocycles. The van der Waals surface area contributed by atoms with Crippen molar-refractivity contribution in [2.24, 2.45) is 0 Å². The van der Waals surface area contributed by atoms with E-state index in [1.165, 1.54) is 9.80 Å². The van der Waals surface area contributed by atoms with Crippen LogP contribution in [-0.2, 0) is 16.1 Å². The molecule has 1 aliphatic heterocycles. The molecule has 29 heavy (non-hydrogen) atoms. The lowest BCUT2D eigenvalue weighted by Gasteiger charge is -2.23. The zero-order valence-corrected chi connectivity index (χ0v) is 17.3. The molecule has 0 aromatic heterocycles. The topological polar surface area (TPSA) is 77.9 Å². The summed E-state index contributed by atoms with van der Waals surface area (Å²) < 4.78 is 0. The molecule has 0 saturated carbocycles. The van der Waals surface area contributed by atoms with Gasteiger partial charge in [0.05, 0.1) is 12.3 Å². The van der Waals surface area contributed by atoms with E-state index in [-0.39, 0.29) is 36.6 Å². The third-order valence-electron chi connectivity index (χ3n) is 4.81. The minimum atomic E-state index is -0.757. The Hall–Kier alpha value is -2.64. The van der Waals surface area contributed by atoms with E-state index >= 15 is 0 Å². The second kappa shape index (κ2) is 9.24. The first-order valence-electron chi connectivity index (χ1n) is 9.45. The van der Waals surface area contributed by atoms with Crippen LogP contribution >= 0.6 is 11.8 Å². The molecule has 1 heterocycles. The second-order valence-corrected chi connectivity index (χ2v) is 8.22. The Morgan fingerprint density at radius 1 is 1.14 bits per heavy atom. The minimum Gasteiger partial charge on any atom is -0.395 e. The summed E-state index contributed by atoms with van der Waals surface area (Å²) >= 11 is 0.887. The monoisotopic (exact) mass is 412 g/mol. The molecule has 0 aliphatic carbocycles. The van der Waals surface area contributed by atoms with Crippen LogP contribution in [0.1, 0.15) is 23.1 Å². The van der Waals surface area contributed by atoms with Crippen molar-refractivity contribution in [3.05, 3.63) is 65.2 Å². The number of aliphatic hydroxyl groups is 1. The summed E-state index contributed by atoms with van der Waals surface area (Å²) in [5.41, 5.74) is 3.38. The molecule has 1 atom stereocenters. The second-order valence-electron chi connectivity index (χ2n) is 7.06. The number of aliphatic hydroxyl groups excluding tert-OH is 1. The van der Waals surface area contributed by atoms with Gasteiger partial charge in [-0.25, -0.2) is 4.90 Å². The molecule has 3 rings (SSSR count). The van der Waals surface area contributed by atoms with E-state index in [2.05, 4.69) is 0 Å². The number of carbonyl (C=O) groups is 3. The third kappa shape index (κ3) is 4.86. The first kappa shape index (κ1) is 21.1. The molecule has 2 aromatic rings. The molecule has 1 aliphatic rings. The standard InChI is InChI=1S/C22H24N2O4S/c1-15-8-9-18(16(2)12-15)24-21(27)19(29-22(24)28)13-20(26)23(10-11-25)14-17-6-4-3-5-7-17/h3-9,12,19,25H,10-11,13-14H2,1-2H3. The van der Waals surface area contributed by atoms with Crippen LogP contribution in [0.4, 0.5) is 10.5 Å². The van der Waals surface area contributed by atoms with Crippen LogP contribution in [0.15, 0.2) is 48.5 Å². The van der Waals surface area contributed by atoms with E-state index in [4.69, 9.17) is 0 Å². The van der Waals surface area contributed by atoms with E-state index in [9.17, 15) is 19.5 Å². The molecule has 0 radical (unpaired) electrons. The lowest BCUT2D eigenvalue weighted by atomic mass is 10.1. The number of amides is 3. The predicted octanol–water partition coefficient (Wildman–Crippen LogP) is 3.28. The Morgan fingerprint density at radius 2 is 1.86 bits per heavy atom. The van der Waals surface area contributed by atoms with Crippen molar-refractivity contribution in [1.82, 2.24) is 4.90 Å². The fourth-order valence-electron chi connectivity index (χ4n) is 3.37. The predicted molar refractivity (Wildman–Crippen MR) is 114 cm³/mol. The molecule has 2 aromatic carbocycles. The fourth-order valence-corrected chi connectivity index (χ4v) is 4.33. The zero-order valence-electron chi connectivity index (χ0n) is 16.5. The minimum absolute atomic E-state index is 0.0799. The lowest BCUT2D eigenvalue weighted by molar-refractivity contribution is -0.133. The van der Waals surface area contributed by atoms with Gasteiger partial charge < -0.3 is 10.0 Å². The average molecular weight is 413 g/mol. The molecule has 1 unspecified atom stereocenters. The van der Waals surface area contributed by atoms with Crippen LogP contribution in [0.3, 0.4) is 0 Å². The Morgan fingerprint density at radius 3 is 2.52 bits per heavy atom. The Kier molecular flexibility index (Phi) is 6.71. The van der Waals surface area contributed by atoms with Crippen LogP contribution in [0.5, 0.6) is 0 Å². The van der Waals surface area contributed by atoms with Crippen molar-refractivity contribution in [2.75, 3.05) is 18.1 Å². The van der Waals surface area contributed by atoms with Gasteiger partial charge in [-0.2, -0.15) is 0 Å². The van der Waals surface area contributed by atoms with Crippen molar-refractivity contribution >= 4 is 34.5 Å². The van der Waals surface area contributed by atoms with Gasteiger partial charge in [-0.05, 0) is 42.8 Å². The molecule has 3 amide bonds. The highest BCUT2D eigenvalue weighted by Crippen LogP contribution is 2.35. The first-order chi connectivity index (χ1) is 13.9. The highest BCUT2D eigenvalue weighted by atomic mass is 32.2. The van der Waals surface area contributed by atoms with Gasteiger partial charge >= 0.3 is 0 Å². The molecule has 7 heteroatoms. The number of hydrogen-bond acceptors (Lipinski definition) is 5. The van der Waals surface area contributed by atoms with Crippen LogP contribution < -0.4 is 4.90 Å². The van der Waals surface area contributed by atoms with E-state index < -0.39 is 5.25 Å². The van der Waals surface area contributed by atoms with Gasteiger partial charge in [0.15, 0.2) is 0 Å². The highest BCUT2D eigenvalue weighted by molar-refractivity contribution is 8.15. The quantitative estimate of drug-likeness (QED) is 0.755. The largest absolute Gasteiger partial charge is 0.395 e. The van der Waals surface area contributed by atoms with Gasteiger partial charge in [-0.15, -0.1) is 0 Å². The number of nitrogens with zero attached hydrogens (tertiary/aromatic N) is 2. The smallest absolute Gasteiger partial charge is 0.293 e. The van der Waals surface area contributed by atoms with E-state index in [0.29, 0.717) is 12.2 Å². The number of carbonyl (C=O) groups excluding carboxylic acids is 3. The molecular formula is C22H24N2O4S. The highest BCUT2D eigenvalue weighted by Gasteiger charge is 2.42. The maximum Gasteiger partial charge on any atom is 0.293 e. The summed E-state index contributed by atoms with van der Waals surface area (Å²) in [7, 11) is 0. The van der Waals surface area contributed by atoms with Crippen LogP contribution in [-0.4, -0.2) is 45.5 Å². The Balaban J connectivity index is 1.72. The number of anilines is 1. The maximum atomic E-state index is 12.9. The third-order valence-corrected chi connectivity index (χ3v) is 5.85. The molecule has 6 nitrogen and oxygen atoms in total. The first-order valence-corrected chi connectivity index (χ1v) is 10.3. The summed E-state index contributed by atoms with van der Waals surface area (Å²) in [5, 5.41) is 8.21. The summed E-state index contributed by atoms with van der Waals surface area (Å²) in [6.45, 7) is 4.16. The summed E-state index contributed by atoms with van der Waals surface area (Å²) in [6, 6.07) is 15.0. The maximum absolute atomic E-state index is 12.9. The molecular weight excluding hydrogens is 388 g/mol. The zero-order chi connectivity index (χ0) is 21.0. The van der Waals surface area contributed by atoms with Crippen molar-refractivity contribution in [3.8, 4) is 0 Å². The number of rotatable bonds is 7. The van der Waals surface area contributed by atoms with Crippen LogP contribution in [0.2, 0.25) is 0 Å².